The molecule has 1 aliphatic carbocycles. The van der Waals surface area contributed by atoms with E-state index in [-0.39, 0.29) is 0 Å². The van der Waals surface area contributed by atoms with Crippen LogP contribution in [0.2, 0.25) is 0 Å². The molecule has 2 aromatic rings. The van der Waals surface area contributed by atoms with Crippen LogP contribution in [-0.4, -0.2) is 9.78 Å². The Balaban J connectivity index is 2.10. The molecule has 2 heterocycles. The largest absolute Gasteiger partial charge is 0.275 e. The van der Waals surface area contributed by atoms with E-state index in [2.05, 4.69) is 39.0 Å². The fourth-order valence-corrected chi connectivity index (χ4v) is 4.66. The van der Waals surface area contributed by atoms with Crippen molar-refractivity contribution in [3.63, 3.8) is 0 Å². The van der Waals surface area contributed by atoms with E-state index in [4.69, 9.17) is 0 Å². The first-order chi connectivity index (χ1) is 9.41. The summed E-state index contributed by atoms with van der Waals surface area (Å²) in [6.07, 6.45) is 6.98. The third-order valence-corrected chi connectivity index (χ3v) is 5.95. The molecule has 0 amide bonds. The molecule has 0 saturated carbocycles. The summed E-state index contributed by atoms with van der Waals surface area (Å²) >= 11 is 2.01. The summed E-state index contributed by atoms with van der Waals surface area (Å²) in [6, 6.07) is 0. The first kappa shape index (κ1) is 13.9. The van der Waals surface area contributed by atoms with Gasteiger partial charge in [-0.1, -0.05) is 20.8 Å². The zero-order chi connectivity index (χ0) is 14.5. The fraction of sp³-hybridized carbons (Fsp3) is 0.588. The summed E-state index contributed by atoms with van der Waals surface area (Å²) in [5.41, 5.74) is 6.16. The van der Waals surface area contributed by atoms with Crippen molar-refractivity contribution in [1.82, 2.24) is 9.78 Å². The highest BCUT2D eigenvalue weighted by Crippen LogP contribution is 2.45. The molecule has 0 spiro atoms. The molecule has 3 rings (SSSR count). The fourth-order valence-electron chi connectivity index (χ4n) is 3.30. The molecule has 0 aromatic carbocycles. The van der Waals surface area contributed by atoms with Crippen molar-refractivity contribution in [2.75, 3.05) is 0 Å². The Morgan fingerprint density at radius 3 is 2.85 bits per heavy atom. The predicted octanol–water partition coefficient (Wildman–Crippen LogP) is 4.53. The molecule has 2 aromatic heterocycles. The van der Waals surface area contributed by atoms with Crippen LogP contribution in [0.3, 0.4) is 0 Å². The van der Waals surface area contributed by atoms with Gasteiger partial charge in [-0.15, -0.1) is 11.3 Å². The Morgan fingerprint density at radius 2 is 2.15 bits per heavy atom. The lowest BCUT2D eigenvalue weighted by Crippen LogP contribution is -2.21. The van der Waals surface area contributed by atoms with E-state index in [1.54, 1.807) is 10.4 Å². The Hall–Kier alpha value is -1.09. The van der Waals surface area contributed by atoms with Crippen molar-refractivity contribution < 1.29 is 0 Å². The van der Waals surface area contributed by atoms with E-state index in [0.717, 1.165) is 6.42 Å². The first-order valence-corrected chi connectivity index (χ1v) is 8.37. The number of aryl methyl sites for hydroxylation is 3. The smallest absolute Gasteiger partial charge is 0.0708 e. The Bertz CT molecular complexity index is 646. The Labute approximate surface area is 125 Å². The van der Waals surface area contributed by atoms with Gasteiger partial charge in [0.2, 0.25) is 0 Å². The maximum absolute atomic E-state index is 4.60. The van der Waals surface area contributed by atoms with Crippen LogP contribution in [0.4, 0.5) is 0 Å². The zero-order valence-electron chi connectivity index (χ0n) is 13.2. The molecule has 108 valence electrons. The second kappa shape index (κ2) is 4.73. The maximum Gasteiger partial charge on any atom is 0.0708 e. The van der Waals surface area contributed by atoms with Gasteiger partial charge in [-0.05, 0) is 49.1 Å². The average Bonchev–Trinajstić information content (AvgIpc) is 2.90. The highest BCUT2D eigenvalue weighted by atomic mass is 32.1. The standard InChI is InChI=1S/C17H24N2S/c1-6-14-13(10-19(5)18-14)16-11(2)12-9-17(3,4)8-7-15(12)20-16/h10H,6-9H2,1-5H3. The van der Waals surface area contributed by atoms with Gasteiger partial charge in [-0.25, -0.2) is 0 Å². The molecule has 0 unspecified atom stereocenters. The maximum atomic E-state index is 4.60. The molecule has 0 atom stereocenters. The van der Waals surface area contributed by atoms with Crippen molar-refractivity contribution in [1.29, 1.82) is 0 Å². The summed E-state index contributed by atoms with van der Waals surface area (Å²) < 4.78 is 1.95. The highest BCUT2D eigenvalue weighted by molar-refractivity contribution is 7.16. The van der Waals surface area contributed by atoms with Gasteiger partial charge >= 0.3 is 0 Å². The minimum atomic E-state index is 0.457. The van der Waals surface area contributed by atoms with Crippen molar-refractivity contribution >= 4 is 11.3 Å². The van der Waals surface area contributed by atoms with Gasteiger partial charge in [0.1, 0.15) is 0 Å². The second-order valence-corrected chi connectivity index (χ2v) is 7.92. The number of hydrogen-bond acceptors (Lipinski definition) is 2. The van der Waals surface area contributed by atoms with Crippen LogP contribution in [0, 0.1) is 12.3 Å². The summed E-state index contributed by atoms with van der Waals surface area (Å²) in [5.74, 6) is 0. The summed E-state index contributed by atoms with van der Waals surface area (Å²) in [4.78, 5) is 3.07. The van der Waals surface area contributed by atoms with Gasteiger partial charge in [0.25, 0.3) is 0 Å². The topological polar surface area (TPSA) is 17.8 Å². The van der Waals surface area contributed by atoms with E-state index < -0.39 is 0 Å². The lowest BCUT2D eigenvalue weighted by Gasteiger charge is -2.29. The second-order valence-electron chi connectivity index (χ2n) is 6.82. The van der Waals surface area contributed by atoms with Crippen molar-refractivity contribution in [2.45, 2.75) is 53.4 Å². The first-order valence-electron chi connectivity index (χ1n) is 7.55. The van der Waals surface area contributed by atoms with Crippen molar-refractivity contribution in [3.8, 4) is 10.4 Å². The highest BCUT2D eigenvalue weighted by Gasteiger charge is 2.29. The molecule has 0 radical (unpaired) electrons. The van der Waals surface area contributed by atoms with E-state index in [9.17, 15) is 0 Å². The van der Waals surface area contributed by atoms with Gasteiger partial charge in [0, 0.05) is 28.6 Å². The number of fused-ring (bicyclic) bond motifs is 1. The number of thiophene rings is 1. The molecular weight excluding hydrogens is 264 g/mol. The molecule has 0 aliphatic heterocycles. The SMILES string of the molecule is CCc1nn(C)cc1-c1sc2c(c1C)CC(C)(C)CC2. The van der Waals surface area contributed by atoms with Gasteiger partial charge in [-0.3, -0.25) is 4.68 Å². The summed E-state index contributed by atoms with van der Waals surface area (Å²) in [7, 11) is 2.02. The molecular formula is C17H24N2S. The normalized spacial score (nSPS) is 17.2. The van der Waals surface area contributed by atoms with Crippen LogP contribution >= 0.6 is 11.3 Å². The third kappa shape index (κ3) is 2.22. The number of rotatable bonds is 2. The number of hydrogen-bond donors (Lipinski definition) is 0. The van der Waals surface area contributed by atoms with Crippen molar-refractivity contribution in [2.24, 2.45) is 12.5 Å². The number of aromatic nitrogens is 2. The van der Waals surface area contributed by atoms with Crippen LogP contribution in [0.15, 0.2) is 6.20 Å². The molecule has 3 heteroatoms. The minimum Gasteiger partial charge on any atom is -0.275 e. The van der Waals surface area contributed by atoms with Crippen LogP contribution in [0.5, 0.6) is 0 Å². The molecule has 1 aliphatic rings. The number of nitrogens with zero attached hydrogens (tertiary/aromatic N) is 2. The predicted molar refractivity (Wildman–Crippen MR) is 86.4 cm³/mol. The van der Waals surface area contributed by atoms with Gasteiger partial charge < -0.3 is 0 Å². The van der Waals surface area contributed by atoms with E-state index in [0.29, 0.717) is 5.41 Å². The lowest BCUT2D eigenvalue weighted by molar-refractivity contribution is 0.317. The average molecular weight is 288 g/mol. The Morgan fingerprint density at radius 1 is 1.40 bits per heavy atom. The van der Waals surface area contributed by atoms with Crippen LogP contribution < -0.4 is 0 Å². The molecule has 0 N–H and O–H groups in total. The Kier molecular flexibility index (Phi) is 3.28. The summed E-state index contributed by atoms with van der Waals surface area (Å²) in [5, 5.41) is 4.60. The molecule has 0 saturated heterocycles. The van der Waals surface area contributed by atoms with Crippen molar-refractivity contribution in [3.05, 3.63) is 27.9 Å². The van der Waals surface area contributed by atoms with E-state index in [1.807, 2.05) is 23.1 Å². The molecule has 0 fully saturated rings. The molecule has 0 bridgehead atoms. The lowest BCUT2D eigenvalue weighted by atomic mass is 9.76. The quantitative estimate of drug-likeness (QED) is 0.793. The van der Waals surface area contributed by atoms with Crippen LogP contribution in [0.25, 0.3) is 10.4 Å². The van der Waals surface area contributed by atoms with Crippen LogP contribution in [0.1, 0.15) is 48.9 Å². The van der Waals surface area contributed by atoms with Gasteiger partial charge in [-0.2, -0.15) is 5.10 Å². The summed E-state index contributed by atoms with van der Waals surface area (Å²) in [6.45, 7) is 9.29. The van der Waals surface area contributed by atoms with E-state index in [1.165, 1.54) is 41.0 Å². The monoisotopic (exact) mass is 288 g/mol. The zero-order valence-corrected chi connectivity index (χ0v) is 14.0. The van der Waals surface area contributed by atoms with Gasteiger partial charge in [0.05, 0.1) is 5.69 Å². The van der Waals surface area contributed by atoms with Gasteiger partial charge in [0.15, 0.2) is 0 Å². The van der Waals surface area contributed by atoms with E-state index >= 15 is 0 Å². The molecule has 20 heavy (non-hydrogen) atoms. The molecule has 2 nitrogen and oxygen atoms in total. The third-order valence-electron chi connectivity index (χ3n) is 4.52. The minimum absolute atomic E-state index is 0.457. The van der Waals surface area contributed by atoms with Crippen LogP contribution in [-0.2, 0) is 26.3 Å².